The predicted octanol–water partition coefficient (Wildman–Crippen LogP) is 2.67. The summed E-state index contributed by atoms with van der Waals surface area (Å²) in [6.45, 7) is 12.9. The van der Waals surface area contributed by atoms with Gasteiger partial charge in [-0.05, 0) is 37.0 Å². The molecule has 1 N–H and O–H groups in total. The number of hydrogen-bond acceptors (Lipinski definition) is 5. The van der Waals surface area contributed by atoms with Crippen molar-refractivity contribution in [1.82, 2.24) is 20.0 Å². The van der Waals surface area contributed by atoms with Gasteiger partial charge in [0.2, 0.25) is 5.91 Å². The minimum atomic E-state index is 0.00962. The van der Waals surface area contributed by atoms with Gasteiger partial charge in [-0.25, -0.2) is 0 Å². The topological polar surface area (TPSA) is 59.1 Å². The molecule has 2 amide bonds. The van der Waals surface area contributed by atoms with E-state index in [1.807, 2.05) is 18.2 Å². The first-order valence-electron chi connectivity index (χ1n) is 13.4. The zero-order valence-electron chi connectivity index (χ0n) is 21.2. The van der Waals surface area contributed by atoms with Crippen LogP contribution in [-0.4, -0.2) is 98.0 Å². The van der Waals surface area contributed by atoms with Gasteiger partial charge in [0.05, 0.1) is 6.54 Å². The van der Waals surface area contributed by atoms with Crippen molar-refractivity contribution >= 4 is 17.5 Å². The van der Waals surface area contributed by atoms with Crippen LogP contribution in [0.4, 0.5) is 5.69 Å². The number of nitrogens with one attached hydrogen (secondary N) is 1. The summed E-state index contributed by atoms with van der Waals surface area (Å²) in [4.78, 5) is 34.7. The Labute approximate surface area is 205 Å². The van der Waals surface area contributed by atoms with E-state index in [4.69, 9.17) is 0 Å². The van der Waals surface area contributed by atoms with Gasteiger partial charge in [0.15, 0.2) is 0 Å². The van der Waals surface area contributed by atoms with Gasteiger partial charge in [-0.2, -0.15) is 0 Å². The molecule has 2 saturated heterocycles. The van der Waals surface area contributed by atoms with E-state index in [-0.39, 0.29) is 11.8 Å². The third-order valence-electron chi connectivity index (χ3n) is 8.17. The van der Waals surface area contributed by atoms with Crippen molar-refractivity contribution in [3.63, 3.8) is 0 Å². The molecule has 4 rings (SSSR count). The van der Waals surface area contributed by atoms with Gasteiger partial charge in [0.1, 0.15) is 0 Å². The van der Waals surface area contributed by atoms with Gasteiger partial charge in [0.25, 0.3) is 5.91 Å². The van der Waals surface area contributed by atoms with Gasteiger partial charge in [-0.1, -0.05) is 39.2 Å². The molecule has 0 unspecified atom stereocenters. The van der Waals surface area contributed by atoms with Crippen molar-refractivity contribution in [2.45, 2.75) is 52.0 Å². The summed E-state index contributed by atoms with van der Waals surface area (Å²) in [5.41, 5.74) is 1.82. The van der Waals surface area contributed by atoms with Gasteiger partial charge < -0.3 is 15.1 Å². The fourth-order valence-electron chi connectivity index (χ4n) is 5.30. The lowest BCUT2D eigenvalue weighted by atomic mass is 9.91. The molecule has 2 aliphatic heterocycles. The number of nitrogens with zero attached hydrogens (tertiary/aromatic N) is 4. The summed E-state index contributed by atoms with van der Waals surface area (Å²) in [6, 6.07) is 8.73. The molecule has 188 valence electrons. The van der Waals surface area contributed by atoms with Crippen molar-refractivity contribution in [2.75, 3.05) is 70.3 Å². The van der Waals surface area contributed by atoms with Crippen LogP contribution in [-0.2, 0) is 4.79 Å². The molecule has 34 heavy (non-hydrogen) atoms. The Hall–Kier alpha value is -2.12. The van der Waals surface area contributed by atoms with Crippen LogP contribution in [0.15, 0.2) is 24.3 Å². The number of benzene rings is 1. The fraction of sp³-hybridized carbons (Fsp3) is 0.704. The molecular formula is C27H43N5O2. The van der Waals surface area contributed by atoms with Crippen LogP contribution in [0.25, 0.3) is 0 Å². The molecule has 0 bridgehead atoms. The van der Waals surface area contributed by atoms with Crippen LogP contribution in [0.1, 0.15) is 56.3 Å². The molecule has 1 aromatic carbocycles. The molecule has 0 atom stereocenters. The SMILES string of the molecule is CCC(CC)CNC(=O)c1cccc(N2CCN(CC(=O)N3CCN(C4CCC4)CC3)CC2)c1. The van der Waals surface area contributed by atoms with E-state index in [1.54, 1.807) is 0 Å². The molecular weight excluding hydrogens is 426 g/mol. The highest BCUT2D eigenvalue weighted by atomic mass is 16.2. The van der Waals surface area contributed by atoms with Crippen molar-refractivity contribution in [1.29, 1.82) is 0 Å². The van der Waals surface area contributed by atoms with E-state index in [1.165, 1.54) is 19.3 Å². The average molecular weight is 470 g/mol. The zero-order valence-corrected chi connectivity index (χ0v) is 21.2. The summed E-state index contributed by atoms with van der Waals surface area (Å²) in [6.07, 6.45) is 6.21. The lowest BCUT2D eigenvalue weighted by molar-refractivity contribution is -0.134. The third kappa shape index (κ3) is 6.30. The van der Waals surface area contributed by atoms with E-state index >= 15 is 0 Å². The highest BCUT2D eigenvalue weighted by Gasteiger charge is 2.30. The number of anilines is 1. The Morgan fingerprint density at radius 1 is 0.971 bits per heavy atom. The Morgan fingerprint density at radius 3 is 2.29 bits per heavy atom. The van der Waals surface area contributed by atoms with Crippen LogP contribution in [0.5, 0.6) is 0 Å². The second-order valence-electron chi connectivity index (χ2n) is 10.2. The molecule has 3 aliphatic rings. The van der Waals surface area contributed by atoms with Crippen molar-refractivity contribution in [3.8, 4) is 0 Å². The number of rotatable bonds is 9. The lowest BCUT2D eigenvalue weighted by Gasteiger charge is -2.43. The van der Waals surface area contributed by atoms with Crippen LogP contribution < -0.4 is 10.2 Å². The first kappa shape index (κ1) is 25.0. The summed E-state index contributed by atoms with van der Waals surface area (Å²) in [5, 5.41) is 3.10. The monoisotopic (exact) mass is 469 g/mol. The Bertz CT molecular complexity index is 807. The number of piperazine rings is 2. The average Bonchev–Trinajstić information content (AvgIpc) is 2.84. The van der Waals surface area contributed by atoms with Gasteiger partial charge in [-0.3, -0.25) is 19.4 Å². The quantitative estimate of drug-likeness (QED) is 0.603. The number of carbonyl (C=O) groups excluding carboxylic acids is 2. The van der Waals surface area contributed by atoms with E-state index in [0.29, 0.717) is 12.5 Å². The van der Waals surface area contributed by atoms with Crippen LogP contribution in [0.2, 0.25) is 0 Å². The molecule has 1 saturated carbocycles. The lowest BCUT2D eigenvalue weighted by Crippen LogP contribution is -2.56. The first-order valence-corrected chi connectivity index (χ1v) is 13.4. The molecule has 7 heteroatoms. The van der Waals surface area contributed by atoms with E-state index in [0.717, 1.165) is 89.0 Å². The van der Waals surface area contributed by atoms with E-state index in [9.17, 15) is 9.59 Å². The molecule has 0 radical (unpaired) electrons. The zero-order chi connectivity index (χ0) is 23.9. The van der Waals surface area contributed by atoms with Crippen LogP contribution >= 0.6 is 0 Å². The van der Waals surface area contributed by atoms with Gasteiger partial charge in [0, 0.05) is 76.2 Å². The highest BCUT2D eigenvalue weighted by molar-refractivity contribution is 5.95. The molecule has 0 spiro atoms. The van der Waals surface area contributed by atoms with Crippen LogP contribution in [0.3, 0.4) is 0 Å². The number of carbonyl (C=O) groups is 2. The molecule has 2 heterocycles. The fourth-order valence-corrected chi connectivity index (χ4v) is 5.30. The summed E-state index contributed by atoms with van der Waals surface area (Å²) >= 11 is 0. The standard InChI is InChI=1S/C27H43N5O2/c1-3-22(4-2)20-28-27(34)23-7-5-10-25(19-23)31-13-11-29(12-14-31)21-26(33)32-17-15-30(16-18-32)24-8-6-9-24/h5,7,10,19,22,24H,3-4,6,8-9,11-18,20-21H2,1-2H3,(H,28,34). The molecule has 1 aliphatic carbocycles. The maximum Gasteiger partial charge on any atom is 0.251 e. The van der Waals surface area contributed by atoms with Crippen molar-refractivity contribution in [3.05, 3.63) is 29.8 Å². The molecule has 0 aromatic heterocycles. The van der Waals surface area contributed by atoms with Crippen LogP contribution in [0, 0.1) is 5.92 Å². The van der Waals surface area contributed by atoms with Crippen molar-refractivity contribution in [2.24, 2.45) is 5.92 Å². The molecule has 1 aromatic rings. The second kappa shape index (κ2) is 12.0. The predicted molar refractivity (Wildman–Crippen MR) is 137 cm³/mol. The summed E-state index contributed by atoms with van der Waals surface area (Å²) in [7, 11) is 0. The Balaban J connectivity index is 1.21. The van der Waals surface area contributed by atoms with E-state index in [2.05, 4.69) is 44.8 Å². The number of amides is 2. The van der Waals surface area contributed by atoms with Gasteiger partial charge in [-0.15, -0.1) is 0 Å². The normalized spacial score (nSPS) is 20.4. The Morgan fingerprint density at radius 2 is 1.68 bits per heavy atom. The first-order chi connectivity index (χ1) is 16.6. The molecule has 7 nitrogen and oxygen atoms in total. The maximum absolute atomic E-state index is 12.9. The highest BCUT2D eigenvalue weighted by Crippen LogP contribution is 2.25. The smallest absolute Gasteiger partial charge is 0.251 e. The second-order valence-corrected chi connectivity index (χ2v) is 10.2. The third-order valence-corrected chi connectivity index (χ3v) is 8.17. The van der Waals surface area contributed by atoms with Gasteiger partial charge >= 0.3 is 0 Å². The summed E-state index contributed by atoms with van der Waals surface area (Å²) in [5.74, 6) is 0.822. The Kier molecular flexibility index (Phi) is 8.84. The van der Waals surface area contributed by atoms with Crippen molar-refractivity contribution < 1.29 is 9.59 Å². The molecule has 3 fully saturated rings. The minimum Gasteiger partial charge on any atom is -0.369 e. The maximum atomic E-state index is 12.9. The summed E-state index contributed by atoms with van der Waals surface area (Å²) < 4.78 is 0. The number of hydrogen-bond donors (Lipinski definition) is 1. The minimum absolute atomic E-state index is 0.00962. The largest absolute Gasteiger partial charge is 0.369 e. The van der Waals surface area contributed by atoms with E-state index < -0.39 is 0 Å².